The average Bonchev–Trinajstić information content (AvgIpc) is 2.13. The third kappa shape index (κ3) is 4.12. The standard InChI is InChI=1S/C13H20/c1-3-4-5-6-9-13-10-7-8-12(2)11-13/h7-8,10-11H,3-6,9H2,1-2H3. The van der Waals surface area contributed by atoms with Gasteiger partial charge in [0.2, 0.25) is 0 Å². The predicted octanol–water partition coefficient (Wildman–Crippen LogP) is 4.12. The van der Waals surface area contributed by atoms with E-state index in [0.29, 0.717) is 0 Å². The predicted molar refractivity (Wildman–Crippen MR) is 59.0 cm³/mol. The van der Waals surface area contributed by atoms with Crippen LogP contribution in [0, 0.1) is 6.92 Å². The first-order valence-corrected chi connectivity index (χ1v) is 5.38. The Balaban J connectivity index is 2.28. The van der Waals surface area contributed by atoms with Crippen molar-refractivity contribution in [3.8, 4) is 0 Å². The zero-order chi connectivity index (χ0) is 9.52. The van der Waals surface area contributed by atoms with Crippen molar-refractivity contribution in [2.24, 2.45) is 0 Å². The molecular weight excluding hydrogens is 156 g/mol. The van der Waals surface area contributed by atoms with Crippen LogP contribution in [0.25, 0.3) is 0 Å². The molecule has 13 heavy (non-hydrogen) atoms. The quantitative estimate of drug-likeness (QED) is 0.592. The summed E-state index contributed by atoms with van der Waals surface area (Å²) in [5, 5.41) is 0. The van der Waals surface area contributed by atoms with Gasteiger partial charge in [0, 0.05) is 0 Å². The monoisotopic (exact) mass is 176 g/mol. The highest BCUT2D eigenvalue weighted by molar-refractivity contribution is 5.22. The molecule has 0 heteroatoms. The van der Waals surface area contributed by atoms with E-state index in [9.17, 15) is 0 Å². The molecule has 1 rings (SSSR count). The first kappa shape index (κ1) is 10.3. The summed E-state index contributed by atoms with van der Waals surface area (Å²) < 4.78 is 0. The number of hydrogen-bond donors (Lipinski definition) is 0. The van der Waals surface area contributed by atoms with Crippen LogP contribution in [0.1, 0.15) is 43.7 Å². The van der Waals surface area contributed by atoms with E-state index in [-0.39, 0.29) is 0 Å². The minimum Gasteiger partial charge on any atom is -0.0654 e. The second-order valence-electron chi connectivity index (χ2n) is 3.80. The topological polar surface area (TPSA) is 0 Å². The molecule has 0 aliphatic heterocycles. The molecule has 0 radical (unpaired) electrons. The summed E-state index contributed by atoms with van der Waals surface area (Å²) in [7, 11) is 0. The Morgan fingerprint density at radius 3 is 2.62 bits per heavy atom. The van der Waals surface area contributed by atoms with Crippen LogP contribution in [0.2, 0.25) is 0 Å². The second-order valence-corrected chi connectivity index (χ2v) is 3.80. The number of hydrogen-bond acceptors (Lipinski definition) is 0. The maximum atomic E-state index is 2.30. The normalized spacial score (nSPS) is 10.3. The Hall–Kier alpha value is -0.780. The maximum Gasteiger partial charge on any atom is -0.0279 e. The molecule has 0 nitrogen and oxygen atoms in total. The lowest BCUT2D eigenvalue weighted by Crippen LogP contribution is -1.86. The largest absolute Gasteiger partial charge is 0.0654 e. The molecule has 0 aliphatic carbocycles. The first-order valence-electron chi connectivity index (χ1n) is 5.38. The van der Waals surface area contributed by atoms with Gasteiger partial charge in [-0.05, 0) is 25.3 Å². The third-order valence-corrected chi connectivity index (χ3v) is 2.40. The van der Waals surface area contributed by atoms with Gasteiger partial charge in [-0.2, -0.15) is 0 Å². The molecular formula is C13H20. The van der Waals surface area contributed by atoms with Crippen LogP contribution in [-0.4, -0.2) is 0 Å². The fraction of sp³-hybridized carbons (Fsp3) is 0.538. The molecule has 0 heterocycles. The van der Waals surface area contributed by atoms with E-state index in [1.54, 1.807) is 0 Å². The van der Waals surface area contributed by atoms with Crippen molar-refractivity contribution < 1.29 is 0 Å². The van der Waals surface area contributed by atoms with Crippen molar-refractivity contribution >= 4 is 0 Å². The Morgan fingerprint density at radius 2 is 1.92 bits per heavy atom. The molecule has 1 aromatic carbocycles. The number of unbranched alkanes of at least 4 members (excludes halogenated alkanes) is 3. The van der Waals surface area contributed by atoms with Crippen molar-refractivity contribution in [1.82, 2.24) is 0 Å². The zero-order valence-electron chi connectivity index (χ0n) is 8.84. The molecule has 1 aromatic rings. The molecule has 0 spiro atoms. The summed E-state index contributed by atoms with van der Waals surface area (Å²) >= 11 is 0. The van der Waals surface area contributed by atoms with Gasteiger partial charge in [-0.1, -0.05) is 56.0 Å². The van der Waals surface area contributed by atoms with E-state index in [4.69, 9.17) is 0 Å². The molecule has 0 atom stereocenters. The van der Waals surface area contributed by atoms with E-state index in [1.807, 2.05) is 0 Å². The summed E-state index contributed by atoms with van der Waals surface area (Å²) in [6, 6.07) is 8.85. The Labute approximate surface area is 82.0 Å². The van der Waals surface area contributed by atoms with Gasteiger partial charge in [0.25, 0.3) is 0 Å². The fourth-order valence-corrected chi connectivity index (χ4v) is 1.62. The Bertz CT molecular complexity index is 238. The van der Waals surface area contributed by atoms with Gasteiger partial charge in [0.1, 0.15) is 0 Å². The Kier molecular flexibility index (Phi) is 4.59. The lowest BCUT2D eigenvalue weighted by molar-refractivity contribution is 0.667. The third-order valence-electron chi connectivity index (χ3n) is 2.40. The SMILES string of the molecule is CCCCCCc1cccc(C)c1. The van der Waals surface area contributed by atoms with Gasteiger partial charge in [-0.15, -0.1) is 0 Å². The molecule has 0 amide bonds. The van der Waals surface area contributed by atoms with Gasteiger partial charge >= 0.3 is 0 Å². The van der Waals surface area contributed by atoms with Crippen molar-refractivity contribution in [3.63, 3.8) is 0 Å². The van der Waals surface area contributed by atoms with E-state index in [2.05, 4.69) is 38.1 Å². The van der Waals surface area contributed by atoms with Gasteiger partial charge < -0.3 is 0 Å². The summed E-state index contributed by atoms with van der Waals surface area (Å²) in [6.07, 6.45) is 6.68. The molecule has 0 aliphatic rings. The van der Waals surface area contributed by atoms with E-state index >= 15 is 0 Å². The van der Waals surface area contributed by atoms with Crippen LogP contribution in [0.5, 0.6) is 0 Å². The summed E-state index contributed by atoms with van der Waals surface area (Å²) in [6.45, 7) is 4.42. The number of rotatable bonds is 5. The van der Waals surface area contributed by atoms with E-state index < -0.39 is 0 Å². The van der Waals surface area contributed by atoms with E-state index in [0.717, 1.165) is 0 Å². The minimum atomic E-state index is 1.25. The number of aryl methyl sites for hydroxylation is 2. The van der Waals surface area contributed by atoms with Crippen molar-refractivity contribution in [2.75, 3.05) is 0 Å². The van der Waals surface area contributed by atoms with Gasteiger partial charge in [0.15, 0.2) is 0 Å². The van der Waals surface area contributed by atoms with Crippen LogP contribution in [0.15, 0.2) is 24.3 Å². The highest BCUT2D eigenvalue weighted by Crippen LogP contribution is 2.09. The second kappa shape index (κ2) is 5.80. The van der Waals surface area contributed by atoms with Gasteiger partial charge in [0.05, 0.1) is 0 Å². The van der Waals surface area contributed by atoms with Crippen molar-refractivity contribution in [3.05, 3.63) is 35.4 Å². The summed E-state index contributed by atoms with van der Waals surface area (Å²) in [5.41, 5.74) is 2.88. The van der Waals surface area contributed by atoms with Crippen molar-refractivity contribution in [2.45, 2.75) is 46.0 Å². The van der Waals surface area contributed by atoms with Crippen molar-refractivity contribution in [1.29, 1.82) is 0 Å². The maximum absolute atomic E-state index is 2.30. The summed E-state index contributed by atoms with van der Waals surface area (Å²) in [5.74, 6) is 0. The molecule has 0 aromatic heterocycles. The molecule has 0 saturated carbocycles. The zero-order valence-corrected chi connectivity index (χ0v) is 8.84. The summed E-state index contributed by atoms with van der Waals surface area (Å²) in [4.78, 5) is 0. The molecule has 72 valence electrons. The highest BCUT2D eigenvalue weighted by atomic mass is 14.0. The van der Waals surface area contributed by atoms with Crippen LogP contribution in [0.3, 0.4) is 0 Å². The first-order chi connectivity index (χ1) is 6.33. The lowest BCUT2D eigenvalue weighted by Gasteiger charge is -2.01. The van der Waals surface area contributed by atoms with E-state index in [1.165, 1.54) is 43.2 Å². The molecule has 0 unspecified atom stereocenters. The molecule has 0 N–H and O–H groups in total. The smallest absolute Gasteiger partial charge is 0.0279 e. The number of benzene rings is 1. The van der Waals surface area contributed by atoms with Crippen LogP contribution < -0.4 is 0 Å². The van der Waals surface area contributed by atoms with Crippen LogP contribution in [-0.2, 0) is 6.42 Å². The van der Waals surface area contributed by atoms with Crippen LogP contribution in [0.4, 0.5) is 0 Å². The molecule has 0 saturated heterocycles. The Morgan fingerprint density at radius 1 is 1.08 bits per heavy atom. The van der Waals surface area contributed by atoms with Crippen LogP contribution >= 0.6 is 0 Å². The molecule has 0 bridgehead atoms. The van der Waals surface area contributed by atoms with Gasteiger partial charge in [-0.3, -0.25) is 0 Å². The average molecular weight is 176 g/mol. The van der Waals surface area contributed by atoms with Gasteiger partial charge in [-0.25, -0.2) is 0 Å². The minimum absolute atomic E-state index is 1.25. The fourth-order valence-electron chi connectivity index (χ4n) is 1.62. The molecule has 0 fully saturated rings. The highest BCUT2D eigenvalue weighted by Gasteiger charge is 1.93. The lowest BCUT2D eigenvalue weighted by atomic mass is 10.0.